The van der Waals surface area contributed by atoms with Gasteiger partial charge in [0, 0.05) is 6.08 Å². The molecule has 0 nitrogen and oxygen atoms in total. The van der Waals surface area contributed by atoms with Gasteiger partial charge in [-0.05, 0) is 13.3 Å². The van der Waals surface area contributed by atoms with E-state index in [1.54, 1.807) is 0 Å². The van der Waals surface area contributed by atoms with E-state index in [0.717, 1.165) is 10.9 Å². The molecular weight excluding hydrogens is 284 g/mol. The molecule has 0 N–H and O–H groups in total. The molecule has 0 radical (unpaired) electrons. The topological polar surface area (TPSA) is 0 Å². The highest BCUT2D eigenvalue weighted by Crippen LogP contribution is 2.16. The highest BCUT2D eigenvalue weighted by atomic mass is 19.4. The number of aryl methyl sites for hydroxylation is 1. The lowest BCUT2D eigenvalue weighted by Crippen LogP contribution is -2.41. The van der Waals surface area contributed by atoms with E-state index in [1.165, 1.54) is 11.6 Å². The molecule has 0 atom stereocenters. The zero-order chi connectivity index (χ0) is 16.0. The maximum atomic E-state index is 12.2. The van der Waals surface area contributed by atoms with Crippen LogP contribution in [0.2, 0.25) is 6.32 Å². The molecule has 0 unspecified atom stereocenters. The van der Waals surface area contributed by atoms with Crippen molar-refractivity contribution in [1.82, 2.24) is 0 Å². The molecule has 2 rings (SSSR count). The van der Waals surface area contributed by atoms with Crippen molar-refractivity contribution in [2.75, 3.05) is 0 Å². The Morgan fingerprint density at radius 3 is 2.09 bits per heavy atom. The minimum absolute atomic E-state index is 0.111. The van der Waals surface area contributed by atoms with Crippen LogP contribution in [0.3, 0.4) is 0 Å². The molecule has 2 aromatic carbocycles. The molecule has 114 valence electrons. The predicted molar refractivity (Wildman–Crippen MR) is 87.3 cm³/mol. The summed E-state index contributed by atoms with van der Waals surface area (Å²) in [6.45, 7) is 2.13. The number of halogens is 3. The SMILES string of the molecule is Cc1ccc(B(CCC=CC(F)(F)F)c2ccccc2)cc1. The van der Waals surface area contributed by atoms with E-state index in [2.05, 4.69) is 12.1 Å². The van der Waals surface area contributed by atoms with Crippen molar-refractivity contribution < 1.29 is 13.2 Å². The molecule has 0 bridgehead atoms. The lowest BCUT2D eigenvalue weighted by atomic mass is 9.38. The van der Waals surface area contributed by atoms with Crippen LogP contribution in [-0.2, 0) is 0 Å². The van der Waals surface area contributed by atoms with E-state index < -0.39 is 6.18 Å². The summed E-state index contributed by atoms with van der Waals surface area (Å²) in [6.07, 6.45) is -1.65. The fraction of sp³-hybridized carbons (Fsp3) is 0.222. The average molecular weight is 302 g/mol. The number of alkyl halides is 3. The Balaban J connectivity index is 2.16. The number of hydrogen-bond acceptors (Lipinski definition) is 0. The lowest BCUT2D eigenvalue weighted by Gasteiger charge is -2.14. The Hall–Kier alpha value is -1.97. The van der Waals surface area contributed by atoms with Crippen molar-refractivity contribution in [3.05, 3.63) is 72.3 Å². The highest BCUT2D eigenvalue weighted by Gasteiger charge is 2.22. The summed E-state index contributed by atoms with van der Waals surface area (Å²) in [4.78, 5) is 0. The number of rotatable bonds is 5. The first kappa shape index (κ1) is 16.4. The smallest absolute Gasteiger partial charge is 0.167 e. The molecule has 0 aromatic heterocycles. The zero-order valence-electron chi connectivity index (χ0n) is 12.5. The van der Waals surface area contributed by atoms with Crippen LogP contribution in [-0.4, -0.2) is 12.9 Å². The van der Waals surface area contributed by atoms with Crippen LogP contribution in [0.5, 0.6) is 0 Å². The van der Waals surface area contributed by atoms with E-state index in [4.69, 9.17) is 0 Å². The highest BCUT2D eigenvalue weighted by molar-refractivity contribution is 6.85. The third-order valence-electron chi connectivity index (χ3n) is 3.61. The van der Waals surface area contributed by atoms with Gasteiger partial charge in [-0.2, -0.15) is 13.2 Å². The first-order chi connectivity index (χ1) is 10.5. The number of hydrogen-bond donors (Lipinski definition) is 0. The predicted octanol–water partition coefficient (Wildman–Crippen LogP) is 4.11. The molecule has 4 heteroatoms. The van der Waals surface area contributed by atoms with Gasteiger partial charge in [-0.1, -0.05) is 83.5 Å². The quantitative estimate of drug-likeness (QED) is 0.576. The largest absolute Gasteiger partial charge is 0.409 e. The Kier molecular flexibility index (Phi) is 5.48. The monoisotopic (exact) mass is 302 g/mol. The van der Waals surface area contributed by atoms with Crippen molar-refractivity contribution in [2.24, 2.45) is 0 Å². The van der Waals surface area contributed by atoms with E-state index >= 15 is 0 Å². The molecule has 0 aliphatic rings. The molecule has 0 aliphatic carbocycles. The van der Waals surface area contributed by atoms with Gasteiger partial charge in [0.1, 0.15) is 0 Å². The molecule has 0 saturated heterocycles. The fourth-order valence-corrected chi connectivity index (χ4v) is 2.49. The van der Waals surface area contributed by atoms with Gasteiger partial charge >= 0.3 is 6.18 Å². The molecular formula is C18H18BF3. The van der Waals surface area contributed by atoms with Gasteiger partial charge in [0.2, 0.25) is 6.71 Å². The summed E-state index contributed by atoms with van der Waals surface area (Å²) in [5, 5.41) is 0. The molecule has 2 aromatic rings. The molecule has 0 aliphatic heterocycles. The molecule has 0 amide bonds. The second-order valence-corrected chi connectivity index (χ2v) is 5.40. The average Bonchev–Trinajstić information content (AvgIpc) is 2.48. The van der Waals surface area contributed by atoms with Crippen LogP contribution >= 0.6 is 0 Å². The molecule has 0 fully saturated rings. The van der Waals surface area contributed by atoms with E-state index in [1.807, 2.05) is 49.4 Å². The van der Waals surface area contributed by atoms with Crippen LogP contribution in [0.1, 0.15) is 12.0 Å². The van der Waals surface area contributed by atoms with E-state index in [9.17, 15) is 13.2 Å². The third kappa shape index (κ3) is 5.10. The van der Waals surface area contributed by atoms with Crippen molar-refractivity contribution in [3.8, 4) is 0 Å². The summed E-state index contributed by atoms with van der Waals surface area (Å²) in [7, 11) is 0. The maximum Gasteiger partial charge on any atom is 0.409 e. The van der Waals surface area contributed by atoms with E-state index in [-0.39, 0.29) is 6.71 Å². The summed E-state index contributed by atoms with van der Waals surface area (Å²) in [6, 6.07) is 18.1. The van der Waals surface area contributed by atoms with Crippen molar-refractivity contribution in [3.63, 3.8) is 0 Å². The van der Waals surface area contributed by atoms with Gasteiger partial charge < -0.3 is 0 Å². The molecule has 22 heavy (non-hydrogen) atoms. The maximum absolute atomic E-state index is 12.2. The summed E-state index contributed by atoms with van der Waals surface area (Å²) >= 11 is 0. The van der Waals surface area contributed by atoms with Crippen LogP contribution in [0, 0.1) is 6.92 Å². The van der Waals surface area contributed by atoms with Crippen LogP contribution in [0.4, 0.5) is 13.2 Å². The summed E-state index contributed by atoms with van der Waals surface area (Å²) < 4.78 is 36.6. The second-order valence-electron chi connectivity index (χ2n) is 5.40. The Bertz CT molecular complexity index is 600. The fourth-order valence-electron chi connectivity index (χ4n) is 2.49. The lowest BCUT2D eigenvalue weighted by molar-refractivity contribution is -0.0800. The van der Waals surface area contributed by atoms with Gasteiger partial charge in [-0.25, -0.2) is 0 Å². The number of allylic oxidation sites excluding steroid dienone is 2. The van der Waals surface area contributed by atoms with Gasteiger partial charge in [0.05, 0.1) is 0 Å². The van der Waals surface area contributed by atoms with Crippen molar-refractivity contribution >= 4 is 17.6 Å². The minimum atomic E-state index is -4.23. The zero-order valence-corrected chi connectivity index (χ0v) is 12.5. The first-order valence-corrected chi connectivity index (χ1v) is 7.31. The van der Waals surface area contributed by atoms with Crippen LogP contribution in [0.15, 0.2) is 66.7 Å². The van der Waals surface area contributed by atoms with Gasteiger partial charge in [0.15, 0.2) is 0 Å². The normalized spacial score (nSPS) is 11.8. The van der Waals surface area contributed by atoms with Gasteiger partial charge in [-0.3, -0.25) is 0 Å². The Labute approximate surface area is 129 Å². The number of benzene rings is 2. The Morgan fingerprint density at radius 2 is 1.50 bits per heavy atom. The summed E-state index contributed by atoms with van der Waals surface area (Å²) in [5.74, 6) is 0. The molecule has 0 spiro atoms. The second kappa shape index (κ2) is 7.34. The first-order valence-electron chi connectivity index (χ1n) is 7.31. The van der Waals surface area contributed by atoms with Gasteiger partial charge in [0.25, 0.3) is 0 Å². The molecule has 0 saturated carbocycles. The standard InChI is InChI=1S/C18H18BF3/c1-15-9-11-17(12-10-15)19(16-7-3-2-4-8-16)14-6-5-13-18(20,21)22/h2-5,7-13H,6,14H2,1H3. The van der Waals surface area contributed by atoms with Crippen LogP contribution in [0.25, 0.3) is 0 Å². The van der Waals surface area contributed by atoms with Crippen molar-refractivity contribution in [1.29, 1.82) is 0 Å². The van der Waals surface area contributed by atoms with Crippen LogP contribution < -0.4 is 10.9 Å². The third-order valence-corrected chi connectivity index (χ3v) is 3.61. The molecule has 0 heterocycles. The summed E-state index contributed by atoms with van der Waals surface area (Å²) in [5.41, 5.74) is 3.44. The van der Waals surface area contributed by atoms with Gasteiger partial charge in [-0.15, -0.1) is 0 Å². The Morgan fingerprint density at radius 1 is 0.909 bits per heavy atom. The van der Waals surface area contributed by atoms with Crippen molar-refractivity contribution in [2.45, 2.75) is 25.8 Å². The van der Waals surface area contributed by atoms with E-state index in [0.29, 0.717) is 18.8 Å². The minimum Gasteiger partial charge on any atom is -0.167 e.